The van der Waals surface area contributed by atoms with Crippen LogP contribution < -0.4 is 10.6 Å². The molecule has 12 nitrogen and oxygen atoms in total. The minimum atomic E-state index is -4.94. The molecule has 0 unspecified atom stereocenters. The zero-order chi connectivity index (χ0) is 55.2. The Morgan fingerprint density at radius 2 is 0.789 bits per heavy atom. The standard InChI is InChI=1S/2C26H28F6N4O2/c2*1-18(19-11-21(25(27,28)29)13-22(12-19)26(30,31)32)38-15-24(20-5-3-2-4-6-20)8-7-23(9-10-37,14-33-24)36-16-34-35-17-36/h2*2-6,11-13,16-18,33,37H,7-10,14-15H2,1H3/t18-,23+,24-;18-,23-,24-/m11/s1. The third kappa shape index (κ3) is 13.2. The summed E-state index contributed by atoms with van der Waals surface area (Å²) in [4.78, 5) is 0. The highest BCUT2D eigenvalue weighted by atomic mass is 19.4. The van der Waals surface area contributed by atoms with Crippen molar-refractivity contribution in [3.8, 4) is 0 Å². The van der Waals surface area contributed by atoms with Gasteiger partial charge in [-0.1, -0.05) is 60.7 Å². The third-order valence-electron chi connectivity index (χ3n) is 14.6. The summed E-state index contributed by atoms with van der Waals surface area (Å²) in [6.07, 6.45) is -12.5. The van der Waals surface area contributed by atoms with Crippen LogP contribution in [0.15, 0.2) is 122 Å². The molecule has 6 aromatic rings. The first kappa shape index (κ1) is 57.8. The molecule has 4 heterocycles. The summed E-state index contributed by atoms with van der Waals surface area (Å²) in [5.74, 6) is 0. The molecule has 2 aliphatic heterocycles. The molecule has 2 fully saturated rings. The summed E-state index contributed by atoms with van der Waals surface area (Å²) in [5.41, 5.74) is -6.77. The minimum absolute atomic E-state index is 0.00679. The molecule has 2 saturated heterocycles. The fourth-order valence-corrected chi connectivity index (χ4v) is 9.92. The quantitative estimate of drug-likeness (QED) is 0.0692. The van der Waals surface area contributed by atoms with Crippen LogP contribution in [0.5, 0.6) is 0 Å². The van der Waals surface area contributed by atoms with Gasteiger partial charge in [0.2, 0.25) is 0 Å². The Morgan fingerprint density at radius 3 is 1.04 bits per heavy atom. The summed E-state index contributed by atoms with van der Waals surface area (Å²) in [7, 11) is 0. The molecule has 0 aliphatic carbocycles. The lowest BCUT2D eigenvalue weighted by molar-refractivity contribution is -0.145. The number of piperidine rings is 2. The van der Waals surface area contributed by atoms with Gasteiger partial charge >= 0.3 is 24.7 Å². The number of halogens is 12. The molecule has 0 saturated carbocycles. The van der Waals surface area contributed by atoms with Crippen LogP contribution in [0.2, 0.25) is 0 Å². The van der Waals surface area contributed by atoms with Crippen molar-refractivity contribution in [3.63, 3.8) is 0 Å². The first-order chi connectivity index (χ1) is 35.8. The second kappa shape index (κ2) is 23.0. The first-order valence-electron chi connectivity index (χ1n) is 24.1. The molecule has 6 atom stereocenters. The Hall–Kier alpha value is -5.92. The number of hydrogen-bond donors (Lipinski definition) is 4. The second-order valence-electron chi connectivity index (χ2n) is 19.3. The molecule has 0 spiro atoms. The zero-order valence-corrected chi connectivity index (χ0v) is 41.1. The largest absolute Gasteiger partial charge is 0.416 e. The van der Waals surface area contributed by atoms with Gasteiger partial charge in [0, 0.05) is 26.3 Å². The van der Waals surface area contributed by atoms with Crippen LogP contribution in [-0.4, -0.2) is 79.3 Å². The Labute approximate surface area is 429 Å². The van der Waals surface area contributed by atoms with E-state index in [1.54, 1.807) is 25.3 Å². The van der Waals surface area contributed by atoms with Crippen molar-refractivity contribution in [2.75, 3.05) is 39.5 Å². The predicted octanol–water partition coefficient (Wildman–Crippen LogP) is 10.9. The van der Waals surface area contributed by atoms with E-state index in [2.05, 4.69) is 31.0 Å². The number of nitrogens with zero attached hydrogens (tertiary/aromatic N) is 6. The smallest absolute Gasteiger partial charge is 0.396 e. The number of nitrogens with one attached hydrogen (secondary N) is 2. The van der Waals surface area contributed by atoms with Crippen molar-refractivity contribution < 1.29 is 72.4 Å². The van der Waals surface area contributed by atoms with Crippen molar-refractivity contribution >= 4 is 0 Å². The average Bonchev–Trinajstić information content (AvgIpc) is 4.19. The molecule has 4 N–H and O–H groups in total. The molecule has 2 aromatic heterocycles. The maximum atomic E-state index is 13.4. The van der Waals surface area contributed by atoms with E-state index in [1.165, 1.54) is 13.8 Å². The second-order valence-corrected chi connectivity index (χ2v) is 19.3. The SMILES string of the molecule is C[C@@H](OC[C@@]1(c2ccccc2)CC[C@@](CCO)(n2cnnc2)CN1)c1cc(C(F)(F)F)cc(C(F)(F)F)c1.C[C@@H](OC[C@@]1(c2ccccc2)CC[C@](CCO)(n2cnnc2)CN1)c1cc(C(F)(F)F)cc(C(F)(F)F)c1. The molecule has 412 valence electrons. The van der Waals surface area contributed by atoms with Crippen LogP contribution >= 0.6 is 0 Å². The van der Waals surface area contributed by atoms with Crippen molar-refractivity contribution in [1.82, 2.24) is 40.2 Å². The number of benzene rings is 4. The fourth-order valence-electron chi connectivity index (χ4n) is 9.92. The molecule has 0 bridgehead atoms. The lowest BCUT2D eigenvalue weighted by Crippen LogP contribution is -2.59. The van der Waals surface area contributed by atoms with Gasteiger partial charge in [-0.25, -0.2) is 0 Å². The van der Waals surface area contributed by atoms with E-state index in [4.69, 9.17) is 9.47 Å². The summed E-state index contributed by atoms with van der Waals surface area (Å²) in [6.45, 7) is 3.53. The Morgan fingerprint density at radius 1 is 0.487 bits per heavy atom. The lowest BCUT2D eigenvalue weighted by atomic mass is 9.75. The molecule has 8 rings (SSSR count). The van der Waals surface area contributed by atoms with E-state index in [0.717, 1.165) is 11.1 Å². The van der Waals surface area contributed by atoms with Crippen LogP contribution in [0.3, 0.4) is 0 Å². The Balaban J connectivity index is 0.000000221. The van der Waals surface area contributed by atoms with Crippen molar-refractivity contribution in [2.45, 2.75) is 111 Å². The van der Waals surface area contributed by atoms with Gasteiger partial charge in [0.15, 0.2) is 0 Å². The van der Waals surface area contributed by atoms with Crippen molar-refractivity contribution in [2.24, 2.45) is 0 Å². The maximum Gasteiger partial charge on any atom is 0.416 e. The van der Waals surface area contributed by atoms with E-state index in [1.807, 2.05) is 69.8 Å². The Bertz CT molecular complexity index is 2510. The van der Waals surface area contributed by atoms with Gasteiger partial charge in [-0.05, 0) is 111 Å². The fraction of sp³-hybridized carbons (Fsp3) is 0.462. The number of aliphatic hydroxyl groups excluding tert-OH is 2. The summed E-state index contributed by atoms with van der Waals surface area (Å²) in [6, 6.07) is 21.7. The van der Waals surface area contributed by atoms with Crippen LogP contribution in [-0.2, 0) is 56.3 Å². The van der Waals surface area contributed by atoms with E-state index in [9.17, 15) is 62.9 Å². The highest BCUT2D eigenvalue weighted by Crippen LogP contribution is 2.44. The minimum Gasteiger partial charge on any atom is -0.396 e. The van der Waals surface area contributed by atoms with Crippen LogP contribution in [0.1, 0.15) is 109 Å². The molecule has 2 aliphatic rings. The van der Waals surface area contributed by atoms with Gasteiger partial charge in [0.25, 0.3) is 0 Å². The van der Waals surface area contributed by atoms with Crippen LogP contribution in [0.4, 0.5) is 52.7 Å². The number of aromatic nitrogens is 6. The van der Waals surface area contributed by atoms with Gasteiger partial charge in [-0.3, -0.25) is 0 Å². The maximum absolute atomic E-state index is 13.4. The van der Waals surface area contributed by atoms with Crippen molar-refractivity contribution in [3.05, 3.63) is 167 Å². The molecule has 76 heavy (non-hydrogen) atoms. The van der Waals surface area contributed by atoms with E-state index in [0.29, 0.717) is 75.9 Å². The average molecular weight is 1090 g/mol. The van der Waals surface area contributed by atoms with E-state index >= 15 is 0 Å². The number of alkyl halides is 12. The van der Waals surface area contributed by atoms with Crippen LogP contribution in [0, 0.1) is 0 Å². The van der Waals surface area contributed by atoms with Gasteiger partial charge in [-0.2, -0.15) is 52.7 Å². The van der Waals surface area contributed by atoms with Gasteiger partial charge in [0.1, 0.15) is 25.3 Å². The lowest BCUT2D eigenvalue weighted by Gasteiger charge is -2.48. The third-order valence-corrected chi connectivity index (χ3v) is 14.6. The van der Waals surface area contributed by atoms with E-state index in [-0.39, 0.29) is 49.7 Å². The predicted molar refractivity (Wildman–Crippen MR) is 252 cm³/mol. The number of rotatable bonds is 16. The highest BCUT2D eigenvalue weighted by Gasteiger charge is 2.47. The van der Waals surface area contributed by atoms with E-state index < -0.39 is 81.3 Å². The first-order valence-corrected chi connectivity index (χ1v) is 24.1. The topological polar surface area (TPSA) is 144 Å². The Kier molecular flexibility index (Phi) is 17.5. The number of aliphatic hydroxyl groups is 2. The summed E-state index contributed by atoms with van der Waals surface area (Å²) >= 11 is 0. The molecule has 24 heteroatoms. The highest BCUT2D eigenvalue weighted by molar-refractivity contribution is 5.36. The zero-order valence-electron chi connectivity index (χ0n) is 41.1. The number of ether oxygens (including phenoxy) is 2. The summed E-state index contributed by atoms with van der Waals surface area (Å²) in [5, 5.41) is 42.0. The van der Waals surface area contributed by atoms with Crippen LogP contribution in [0.25, 0.3) is 0 Å². The molecule has 0 amide bonds. The normalized spacial score (nSPS) is 23.4. The van der Waals surface area contributed by atoms with Crippen molar-refractivity contribution in [1.29, 1.82) is 0 Å². The number of hydrogen-bond acceptors (Lipinski definition) is 10. The summed E-state index contributed by atoms with van der Waals surface area (Å²) < 4.78 is 176. The van der Waals surface area contributed by atoms with Gasteiger partial charge in [-0.15, -0.1) is 20.4 Å². The molecule has 4 aromatic carbocycles. The molecular weight excluding hydrogens is 1030 g/mol. The molecule has 0 radical (unpaired) electrons. The van der Waals surface area contributed by atoms with Gasteiger partial charge < -0.3 is 39.5 Å². The van der Waals surface area contributed by atoms with Gasteiger partial charge in [0.05, 0.1) is 69.8 Å². The molecular formula is C52H56F12N8O4. The monoisotopic (exact) mass is 1080 g/mol.